The van der Waals surface area contributed by atoms with Gasteiger partial charge >= 0.3 is 6.18 Å². The topological polar surface area (TPSA) is 85.6 Å². The number of amides is 1. The number of nitrogens with one attached hydrogen (secondary N) is 1. The molecular formula is C26H17F3N6O. The Labute approximate surface area is 203 Å². The summed E-state index contributed by atoms with van der Waals surface area (Å²) in [4.78, 5) is 16.9. The molecule has 0 fully saturated rings. The van der Waals surface area contributed by atoms with Gasteiger partial charge in [-0.15, -0.1) is 10.2 Å². The number of halogens is 3. The van der Waals surface area contributed by atoms with E-state index in [2.05, 4.69) is 25.6 Å². The lowest BCUT2D eigenvalue weighted by molar-refractivity contribution is -0.142. The molecule has 0 aliphatic carbocycles. The van der Waals surface area contributed by atoms with Gasteiger partial charge < -0.3 is 5.32 Å². The van der Waals surface area contributed by atoms with Gasteiger partial charge in [0, 0.05) is 23.5 Å². The van der Waals surface area contributed by atoms with Crippen LogP contribution < -0.4 is 5.32 Å². The van der Waals surface area contributed by atoms with E-state index in [1.165, 1.54) is 24.5 Å². The van der Waals surface area contributed by atoms with Crippen molar-refractivity contribution in [3.63, 3.8) is 0 Å². The first-order chi connectivity index (χ1) is 17.4. The van der Waals surface area contributed by atoms with Crippen LogP contribution in [0.3, 0.4) is 0 Å². The summed E-state index contributed by atoms with van der Waals surface area (Å²) < 4.78 is 41.8. The molecule has 0 spiro atoms. The Bertz CT molecular complexity index is 1500. The zero-order valence-electron chi connectivity index (χ0n) is 18.5. The Balaban J connectivity index is 1.42. The molecule has 5 aromatic rings. The van der Waals surface area contributed by atoms with Crippen molar-refractivity contribution >= 4 is 11.7 Å². The van der Waals surface area contributed by atoms with E-state index in [1.54, 1.807) is 24.3 Å². The molecule has 2 aromatic carbocycles. The Hall–Kier alpha value is -4.86. The molecule has 5 rings (SSSR count). The Kier molecular flexibility index (Phi) is 5.99. The van der Waals surface area contributed by atoms with Gasteiger partial charge in [0.05, 0.1) is 5.69 Å². The van der Waals surface area contributed by atoms with Crippen molar-refractivity contribution in [3.05, 3.63) is 109 Å². The number of hydrogen-bond acceptors (Lipinski definition) is 5. The summed E-state index contributed by atoms with van der Waals surface area (Å²) in [5.41, 5.74) is 1.52. The number of nitrogens with zero attached hydrogens (tertiary/aromatic N) is 5. The number of benzene rings is 2. The molecule has 7 nitrogen and oxygen atoms in total. The number of alkyl halides is 3. The van der Waals surface area contributed by atoms with Crippen LogP contribution in [-0.4, -0.2) is 30.9 Å². The third-order valence-electron chi connectivity index (χ3n) is 5.32. The van der Waals surface area contributed by atoms with Crippen molar-refractivity contribution in [2.75, 3.05) is 5.32 Å². The minimum atomic E-state index is -4.68. The Morgan fingerprint density at radius 1 is 0.833 bits per heavy atom. The molecule has 1 N–H and O–H groups in total. The van der Waals surface area contributed by atoms with E-state index in [-0.39, 0.29) is 17.3 Å². The summed E-state index contributed by atoms with van der Waals surface area (Å²) in [5.74, 6) is -0.495. The average molecular weight is 486 g/mol. The van der Waals surface area contributed by atoms with Crippen molar-refractivity contribution in [3.8, 4) is 28.2 Å². The molecule has 3 heterocycles. The van der Waals surface area contributed by atoms with E-state index in [9.17, 15) is 18.0 Å². The van der Waals surface area contributed by atoms with E-state index in [1.807, 2.05) is 42.5 Å². The molecule has 178 valence electrons. The molecule has 0 aliphatic heterocycles. The SMILES string of the molecule is O=C(Nc1ccc(-n2nc(-c3cccnc3)cc2C(F)(F)F)nn1)c1ccccc1-c1ccccc1. The molecule has 36 heavy (non-hydrogen) atoms. The van der Waals surface area contributed by atoms with E-state index < -0.39 is 17.8 Å². The fraction of sp³-hybridized carbons (Fsp3) is 0.0385. The first-order valence-corrected chi connectivity index (χ1v) is 10.8. The van der Waals surface area contributed by atoms with Gasteiger partial charge in [-0.25, -0.2) is 4.68 Å². The van der Waals surface area contributed by atoms with Gasteiger partial charge in [0.15, 0.2) is 17.3 Å². The smallest absolute Gasteiger partial charge is 0.305 e. The van der Waals surface area contributed by atoms with Gasteiger partial charge in [-0.3, -0.25) is 9.78 Å². The third-order valence-corrected chi connectivity index (χ3v) is 5.32. The Morgan fingerprint density at radius 2 is 1.58 bits per heavy atom. The number of anilines is 1. The minimum absolute atomic E-state index is 0.0832. The fourth-order valence-electron chi connectivity index (χ4n) is 3.65. The van der Waals surface area contributed by atoms with E-state index in [0.29, 0.717) is 15.8 Å². The second kappa shape index (κ2) is 9.41. The zero-order chi connectivity index (χ0) is 25.1. The van der Waals surface area contributed by atoms with Crippen molar-refractivity contribution in [1.82, 2.24) is 25.0 Å². The maximum Gasteiger partial charge on any atom is 0.433 e. The molecule has 3 aromatic heterocycles. The number of aromatic nitrogens is 5. The van der Waals surface area contributed by atoms with Gasteiger partial charge in [0.1, 0.15) is 0 Å². The summed E-state index contributed by atoms with van der Waals surface area (Å²) >= 11 is 0. The van der Waals surface area contributed by atoms with Crippen LogP contribution in [0.5, 0.6) is 0 Å². The number of carbonyl (C=O) groups excluding carboxylic acids is 1. The molecule has 0 radical (unpaired) electrons. The molecule has 0 saturated heterocycles. The summed E-state index contributed by atoms with van der Waals surface area (Å²) in [6.45, 7) is 0. The van der Waals surface area contributed by atoms with Crippen LogP contribution in [0.25, 0.3) is 28.2 Å². The van der Waals surface area contributed by atoms with Crippen LogP contribution >= 0.6 is 0 Å². The van der Waals surface area contributed by atoms with Crippen LogP contribution in [0.1, 0.15) is 16.1 Å². The molecular weight excluding hydrogens is 469 g/mol. The number of hydrogen-bond donors (Lipinski definition) is 1. The largest absolute Gasteiger partial charge is 0.433 e. The second-order valence-corrected chi connectivity index (χ2v) is 7.71. The maximum atomic E-state index is 13.7. The highest BCUT2D eigenvalue weighted by atomic mass is 19.4. The lowest BCUT2D eigenvalue weighted by Crippen LogP contribution is -2.16. The van der Waals surface area contributed by atoms with Gasteiger partial charge in [0.2, 0.25) is 0 Å². The highest BCUT2D eigenvalue weighted by Crippen LogP contribution is 2.33. The molecule has 0 unspecified atom stereocenters. The quantitative estimate of drug-likeness (QED) is 0.346. The molecule has 1 amide bonds. The summed E-state index contributed by atoms with van der Waals surface area (Å²) in [6, 6.07) is 23.3. The predicted octanol–water partition coefficient (Wildman–Crippen LogP) is 5.66. The molecule has 10 heteroatoms. The third kappa shape index (κ3) is 4.69. The summed E-state index contributed by atoms with van der Waals surface area (Å²) in [5, 5.41) is 14.5. The van der Waals surface area contributed by atoms with Gasteiger partial charge in [-0.2, -0.15) is 18.3 Å². The number of carbonyl (C=O) groups is 1. The zero-order valence-corrected chi connectivity index (χ0v) is 18.5. The van der Waals surface area contributed by atoms with Crippen molar-refractivity contribution in [2.45, 2.75) is 6.18 Å². The monoisotopic (exact) mass is 486 g/mol. The van der Waals surface area contributed by atoms with Crippen molar-refractivity contribution < 1.29 is 18.0 Å². The van der Waals surface area contributed by atoms with Crippen LogP contribution in [0, 0.1) is 0 Å². The van der Waals surface area contributed by atoms with Gasteiger partial charge in [-0.1, -0.05) is 48.5 Å². The van der Waals surface area contributed by atoms with Crippen LogP contribution in [0.2, 0.25) is 0 Å². The normalized spacial score (nSPS) is 11.3. The first kappa shape index (κ1) is 22.9. The molecule has 0 aliphatic rings. The van der Waals surface area contributed by atoms with Crippen LogP contribution in [0.4, 0.5) is 19.0 Å². The van der Waals surface area contributed by atoms with Crippen LogP contribution in [0.15, 0.2) is 97.3 Å². The number of pyridine rings is 1. The summed E-state index contributed by atoms with van der Waals surface area (Å²) in [7, 11) is 0. The highest BCUT2D eigenvalue weighted by Gasteiger charge is 2.37. The van der Waals surface area contributed by atoms with Gasteiger partial charge in [0.25, 0.3) is 5.91 Å². The lowest BCUT2D eigenvalue weighted by atomic mass is 9.99. The molecule has 0 bridgehead atoms. The number of rotatable bonds is 5. The second-order valence-electron chi connectivity index (χ2n) is 7.71. The predicted molar refractivity (Wildman–Crippen MR) is 127 cm³/mol. The Morgan fingerprint density at radius 3 is 2.28 bits per heavy atom. The molecule has 0 saturated carbocycles. The van der Waals surface area contributed by atoms with E-state index in [0.717, 1.165) is 17.2 Å². The van der Waals surface area contributed by atoms with E-state index >= 15 is 0 Å². The molecule has 0 atom stereocenters. The summed E-state index contributed by atoms with van der Waals surface area (Å²) in [6.07, 6.45) is -1.74. The van der Waals surface area contributed by atoms with Crippen molar-refractivity contribution in [1.29, 1.82) is 0 Å². The lowest BCUT2D eigenvalue weighted by Gasteiger charge is -2.11. The first-order valence-electron chi connectivity index (χ1n) is 10.8. The highest BCUT2D eigenvalue weighted by molar-refractivity contribution is 6.08. The van der Waals surface area contributed by atoms with Gasteiger partial charge in [-0.05, 0) is 47.5 Å². The fourth-order valence-corrected chi connectivity index (χ4v) is 3.65. The van der Waals surface area contributed by atoms with Crippen LogP contribution in [-0.2, 0) is 6.18 Å². The van der Waals surface area contributed by atoms with Crippen molar-refractivity contribution in [2.24, 2.45) is 0 Å². The average Bonchev–Trinajstić information content (AvgIpc) is 3.37. The standard InChI is InChI=1S/C26H17F3N6O/c27-26(28,29)22-15-21(18-9-6-14-30-16-18)34-35(22)24-13-12-23(32-33-24)31-25(36)20-11-5-4-10-19(20)17-7-2-1-3-8-17/h1-16H,(H,31,32,36). The minimum Gasteiger partial charge on any atom is -0.305 e. The maximum absolute atomic E-state index is 13.7. The van der Waals surface area contributed by atoms with E-state index in [4.69, 9.17) is 0 Å².